The molecule has 0 aliphatic heterocycles. The summed E-state index contributed by atoms with van der Waals surface area (Å²) in [5.74, 6) is 1.01. The zero-order valence-corrected chi connectivity index (χ0v) is 11.7. The van der Waals surface area contributed by atoms with Crippen molar-refractivity contribution in [3.05, 3.63) is 57.1 Å². The molecule has 2 rings (SSSR count). The number of nitro benzene ring substituents is 1. The van der Waals surface area contributed by atoms with Crippen LogP contribution in [0.3, 0.4) is 0 Å². The quantitative estimate of drug-likeness (QED) is 0.677. The van der Waals surface area contributed by atoms with Crippen LogP contribution in [0.4, 0.5) is 11.4 Å². The van der Waals surface area contributed by atoms with Gasteiger partial charge in [-0.15, -0.1) is 0 Å². The van der Waals surface area contributed by atoms with Crippen LogP contribution >= 0.6 is 15.9 Å². The van der Waals surface area contributed by atoms with E-state index in [2.05, 4.69) is 21.2 Å². The number of hydrogen-bond acceptors (Lipinski definition) is 4. The summed E-state index contributed by atoms with van der Waals surface area (Å²) in [5.41, 5.74) is 0.602. The molecule has 0 saturated carbocycles. The molecule has 0 fully saturated rings. The largest absolute Gasteiger partial charge is 0.456 e. The third-order valence-electron chi connectivity index (χ3n) is 2.46. The van der Waals surface area contributed by atoms with Gasteiger partial charge in [0.25, 0.3) is 5.69 Å². The van der Waals surface area contributed by atoms with Gasteiger partial charge < -0.3 is 10.1 Å². The Morgan fingerprint density at radius 2 is 2.00 bits per heavy atom. The molecule has 0 aromatic heterocycles. The first kappa shape index (κ1) is 13.4. The zero-order valence-electron chi connectivity index (χ0n) is 10.1. The number of halogens is 1. The maximum atomic E-state index is 10.9. The number of benzene rings is 2. The third kappa shape index (κ3) is 3.23. The summed E-state index contributed by atoms with van der Waals surface area (Å²) in [4.78, 5) is 10.4. The number of nitrogens with zero attached hydrogens (tertiary/aromatic N) is 1. The molecule has 0 saturated heterocycles. The Morgan fingerprint density at radius 3 is 2.63 bits per heavy atom. The fourth-order valence-electron chi connectivity index (χ4n) is 1.55. The van der Waals surface area contributed by atoms with Crippen LogP contribution in [0.2, 0.25) is 0 Å². The molecular weight excluding hydrogens is 312 g/mol. The lowest BCUT2D eigenvalue weighted by Gasteiger charge is -2.09. The number of ether oxygens (including phenoxy) is 1. The maximum Gasteiger partial charge on any atom is 0.275 e. The molecule has 6 heteroatoms. The summed E-state index contributed by atoms with van der Waals surface area (Å²) in [6.45, 7) is 0. The van der Waals surface area contributed by atoms with Crippen molar-refractivity contribution in [3.8, 4) is 11.5 Å². The lowest BCUT2D eigenvalue weighted by molar-refractivity contribution is -0.384. The van der Waals surface area contributed by atoms with Gasteiger partial charge in [0, 0.05) is 24.9 Å². The second kappa shape index (κ2) is 5.71. The van der Waals surface area contributed by atoms with Crippen LogP contribution in [0, 0.1) is 10.1 Å². The van der Waals surface area contributed by atoms with Crippen LogP contribution in [0.25, 0.3) is 0 Å². The van der Waals surface area contributed by atoms with E-state index < -0.39 is 4.92 Å². The smallest absolute Gasteiger partial charge is 0.275 e. The van der Waals surface area contributed by atoms with Crippen molar-refractivity contribution in [1.29, 1.82) is 0 Å². The summed E-state index contributed by atoms with van der Waals surface area (Å²) in [7, 11) is 1.70. The standard InChI is InChI=1S/C13H11BrN2O3/c1-15-9-6-10(16(17)18)8-11(7-9)19-13-5-3-2-4-12(13)14/h2-8,15H,1H3. The molecule has 98 valence electrons. The molecule has 0 bridgehead atoms. The van der Waals surface area contributed by atoms with Gasteiger partial charge in [-0.3, -0.25) is 10.1 Å². The average molecular weight is 323 g/mol. The van der Waals surface area contributed by atoms with Crippen molar-refractivity contribution in [2.45, 2.75) is 0 Å². The predicted octanol–water partition coefficient (Wildman–Crippen LogP) is 4.19. The molecular formula is C13H11BrN2O3. The Balaban J connectivity index is 2.37. The van der Waals surface area contributed by atoms with Gasteiger partial charge >= 0.3 is 0 Å². The number of non-ortho nitro benzene ring substituents is 1. The molecule has 0 unspecified atom stereocenters. The molecule has 0 aliphatic carbocycles. The molecule has 0 aliphatic rings. The Morgan fingerprint density at radius 1 is 1.26 bits per heavy atom. The van der Waals surface area contributed by atoms with Crippen LogP contribution in [-0.2, 0) is 0 Å². The fourth-order valence-corrected chi connectivity index (χ4v) is 1.91. The van der Waals surface area contributed by atoms with Crippen LogP contribution < -0.4 is 10.1 Å². The number of nitro groups is 1. The van der Waals surface area contributed by atoms with Crippen LogP contribution in [0.15, 0.2) is 46.9 Å². The molecule has 5 nitrogen and oxygen atoms in total. The van der Waals surface area contributed by atoms with Crippen molar-refractivity contribution in [3.63, 3.8) is 0 Å². The van der Waals surface area contributed by atoms with Gasteiger partial charge in [-0.2, -0.15) is 0 Å². The highest BCUT2D eigenvalue weighted by Gasteiger charge is 2.11. The summed E-state index contributed by atoms with van der Waals surface area (Å²) in [6, 6.07) is 11.9. The second-order valence-electron chi connectivity index (χ2n) is 3.76. The van der Waals surface area contributed by atoms with Gasteiger partial charge in [0.15, 0.2) is 0 Å². The first-order valence-corrected chi connectivity index (χ1v) is 6.29. The minimum Gasteiger partial charge on any atom is -0.456 e. The SMILES string of the molecule is CNc1cc(Oc2ccccc2Br)cc([N+](=O)[O-])c1. The van der Waals surface area contributed by atoms with Crippen LogP contribution in [0.1, 0.15) is 0 Å². The fraction of sp³-hybridized carbons (Fsp3) is 0.0769. The van der Waals surface area contributed by atoms with Crippen molar-refractivity contribution >= 4 is 27.3 Å². The van der Waals surface area contributed by atoms with Crippen molar-refractivity contribution in [2.24, 2.45) is 0 Å². The van der Waals surface area contributed by atoms with Crippen LogP contribution in [-0.4, -0.2) is 12.0 Å². The minimum atomic E-state index is -0.451. The highest BCUT2D eigenvalue weighted by molar-refractivity contribution is 9.10. The van der Waals surface area contributed by atoms with E-state index in [0.29, 0.717) is 17.2 Å². The molecule has 1 N–H and O–H groups in total. The van der Waals surface area contributed by atoms with Gasteiger partial charge in [-0.05, 0) is 28.1 Å². The number of rotatable bonds is 4. The monoisotopic (exact) mass is 322 g/mol. The number of para-hydroxylation sites is 1. The van der Waals surface area contributed by atoms with Gasteiger partial charge in [0.2, 0.25) is 0 Å². The molecule has 0 atom stereocenters. The van der Waals surface area contributed by atoms with E-state index in [9.17, 15) is 10.1 Å². The highest BCUT2D eigenvalue weighted by Crippen LogP contribution is 2.33. The van der Waals surface area contributed by atoms with Gasteiger partial charge in [0.05, 0.1) is 15.5 Å². The lowest BCUT2D eigenvalue weighted by Crippen LogP contribution is -1.94. The molecule has 2 aromatic rings. The second-order valence-corrected chi connectivity index (χ2v) is 4.61. The van der Waals surface area contributed by atoms with Gasteiger partial charge in [0.1, 0.15) is 11.5 Å². The summed E-state index contributed by atoms with van der Waals surface area (Å²) >= 11 is 3.36. The lowest BCUT2D eigenvalue weighted by atomic mass is 10.2. The highest BCUT2D eigenvalue weighted by atomic mass is 79.9. The first-order valence-electron chi connectivity index (χ1n) is 5.50. The minimum absolute atomic E-state index is 0.0195. The summed E-state index contributed by atoms with van der Waals surface area (Å²) in [5, 5.41) is 13.7. The van der Waals surface area contributed by atoms with Gasteiger partial charge in [-0.1, -0.05) is 12.1 Å². The molecule has 0 radical (unpaired) electrons. The van der Waals surface area contributed by atoms with E-state index in [4.69, 9.17) is 4.74 Å². The van der Waals surface area contributed by atoms with E-state index in [1.165, 1.54) is 12.1 Å². The first-order chi connectivity index (χ1) is 9.10. The maximum absolute atomic E-state index is 10.9. The van der Waals surface area contributed by atoms with E-state index in [1.54, 1.807) is 19.2 Å². The molecule has 0 heterocycles. The predicted molar refractivity (Wildman–Crippen MR) is 76.9 cm³/mol. The Kier molecular flexibility index (Phi) is 4.01. The van der Waals surface area contributed by atoms with Gasteiger partial charge in [-0.25, -0.2) is 0 Å². The molecule has 0 amide bonds. The third-order valence-corrected chi connectivity index (χ3v) is 3.11. The van der Waals surface area contributed by atoms with E-state index in [0.717, 1.165) is 4.47 Å². The molecule has 2 aromatic carbocycles. The topological polar surface area (TPSA) is 64.4 Å². The van der Waals surface area contributed by atoms with Crippen molar-refractivity contribution < 1.29 is 9.66 Å². The summed E-state index contributed by atoms with van der Waals surface area (Å²) in [6.07, 6.45) is 0. The Bertz CT molecular complexity index is 617. The number of nitrogens with one attached hydrogen (secondary N) is 1. The van der Waals surface area contributed by atoms with Crippen molar-refractivity contribution in [1.82, 2.24) is 0 Å². The van der Waals surface area contributed by atoms with Crippen LogP contribution in [0.5, 0.6) is 11.5 Å². The zero-order chi connectivity index (χ0) is 13.8. The number of hydrogen-bond donors (Lipinski definition) is 1. The average Bonchev–Trinajstić information content (AvgIpc) is 2.41. The van der Waals surface area contributed by atoms with Crippen molar-refractivity contribution in [2.75, 3.05) is 12.4 Å². The van der Waals surface area contributed by atoms with E-state index in [-0.39, 0.29) is 5.69 Å². The normalized spacial score (nSPS) is 10.0. The summed E-state index contributed by atoms with van der Waals surface area (Å²) < 4.78 is 6.44. The van der Waals surface area contributed by atoms with E-state index in [1.807, 2.05) is 18.2 Å². The number of anilines is 1. The Labute approximate surface area is 118 Å². The molecule has 0 spiro atoms. The molecule has 19 heavy (non-hydrogen) atoms. The van der Waals surface area contributed by atoms with E-state index >= 15 is 0 Å². The Hall–Kier alpha value is -2.08.